The van der Waals surface area contributed by atoms with E-state index in [4.69, 9.17) is 14.2 Å². The van der Waals surface area contributed by atoms with Gasteiger partial charge in [-0.05, 0) is 30.7 Å². The summed E-state index contributed by atoms with van der Waals surface area (Å²) in [4.78, 5) is 8.03. The molecule has 0 unspecified atom stereocenters. The van der Waals surface area contributed by atoms with Crippen molar-refractivity contribution in [3.05, 3.63) is 60.6 Å². The van der Waals surface area contributed by atoms with Gasteiger partial charge in [-0.2, -0.15) is 0 Å². The molecule has 0 aliphatic carbocycles. The first-order valence-corrected chi connectivity index (χ1v) is 9.70. The zero-order valence-corrected chi connectivity index (χ0v) is 16.4. The van der Waals surface area contributed by atoms with Crippen LogP contribution in [0.3, 0.4) is 0 Å². The fourth-order valence-electron chi connectivity index (χ4n) is 2.54. The molecular weight excluding hydrogens is 382 g/mol. The van der Waals surface area contributed by atoms with Crippen molar-refractivity contribution < 1.29 is 22.6 Å². The normalized spacial score (nSPS) is 11.0. The van der Waals surface area contributed by atoms with Crippen molar-refractivity contribution in [3.8, 4) is 23.1 Å². The molecule has 0 amide bonds. The van der Waals surface area contributed by atoms with E-state index in [0.717, 1.165) is 0 Å². The average Bonchev–Trinajstić information content (AvgIpc) is 2.68. The van der Waals surface area contributed by atoms with Crippen LogP contribution in [0.1, 0.15) is 5.56 Å². The number of ether oxygens (including phenoxy) is 3. The van der Waals surface area contributed by atoms with Crippen LogP contribution in [-0.2, 0) is 10.0 Å². The maximum absolute atomic E-state index is 12.9. The molecule has 0 saturated heterocycles. The lowest BCUT2D eigenvalue weighted by molar-refractivity contribution is 0.353. The molecule has 0 aliphatic rings. The monoisotopic (exact) mass is 401 g/mol. The molecule has 2 aromatic carbocycles. The van der Waals surface area contributed by atoms with Gasteiger partial charge in [-0.25, -0.2) is 13.4 Å². The predicted octanol–water partition coefficient (Wildman–Crippen LogP) is 3.40. The standard InChI is InChI=1S/C19H19N3O5S/c1-13-9-16(25-2)17(26-3)11-18(13)28(23,24)22-14-5-4-6-15(10-14)27-19-12-20-7-8-21-19/h4-12,22H,1-3H3. The number of anilines is 1. The van der Waals surface area contributed by atoms with Gasteiger partial charge in [0.05, 0.1) is 31.0 Å². The molecule has 0 aliphatic heterocycles. The molecule has 0 fully saturated rings. The number of nitrogens with one attached hydrogen (secondary N) is 1. The van der Waals surface area contributed by atoms with Crippen molar-refractivity contribution in [2.24, 2.45) is 0 Å². The van der Waals surface area contributed by atoms with Crippen LogP contribution in [0.25, 0.3) is 0 Å². The highest BCUT2D eigenvalue weighted by atomic mass is 32.2. The van der Waals surface area contributed by atoms with E-state index in [1.54, 1.807) is 37.3 Å². The molecule has 0 bridgehead atoms. The van der Waals surface area contributed by atoms with Crippen LogP contribution in [0.2, 0.25) is 0 Å². The Hall–Kier alpha value is -3.33. The van der Waals surface area contributed by atoms with Crippen molar-refractivity contribution in [1.29, 1.82) is 0 Å². The summed E-state index contributed by atoms with van der Waals surface area (Å²) in [5, 5.41) is 0. The number of nitrogens with zero attached hydrogens (tertiary/aromatic N) is 2. The van der Waals surface area contributed by atoms with Crippen molar-refractivity contribution >= 4 is 15.7 Å². The van der Waals surface area contributed by atoms with Crippen molar-refractivity contribution in [1.82, 2.24) is 9.97 Å². The molecule has 3 aromatic rings. The minimum Gasteiger partial charge on any atom is -0.493 e. The van der Waals surface area contributed by atoms with E-state index in [9.17, 15) is 8.42 Å². The average molecular weight is 401 g/mol. The van der Waals surface area contributed by atoms with Crippen LogP contribution in [0, 0.1) is 6.92 Å². The Balaban J connectivity index is 1.88. The smallest absolute Gasteiger partial charge is 0.262 e. The highest BCUT2D eigenvalue weighted by Crippen LogP contribution is 2.33. The van der Waals surface area contributed by atoms with E-state index >= 15 is 0 Å². The minimum atomic E-state index is -3.86. The Morgan fingerprint density at radius 2 is 1.75 bits per heavy atom. The quantitative estimate of drug-likeness (QED) is 0.648. The third-order valence-electron chi connectivity index (χ3n) is 3.82. The van der Waals surface area contributed by atoms with Crippen LogP contribution in [-0.4, -0.2) is 32.6 Å². The second-order valence-corrected chi connectivity index (χ2v) is 7.40. The third kappa shape index (κ3) is 4.32. The Morgan fingerprint density at radius 1 is 1.00 bits per heavy atom. The highest BCUT2D eigenvalue weighted by Gasteiger charge is 2.20. The van der Waals surface area contributed by atoms with Gasteiger partial charge in [-0.3, -0.25) is 9.71 Å². The Kier molecular flexibility index (Phi) is 5.65. The SMILES string of the molecule is COc1cc(C)c(S(=O)(=O)Nc2cccc(Oc3cnccn3)c2)cc1OC. The topological polar surface area (TPSA) is 99.6 Å². The van der Waals surface area contributed by atoms with Gasteiger partial charge in [-0.1, -0.05) is 6.07 Å². The summed E-state index contributed by atoms with van der Waals surface area (Å²) < 4.78 is 44.3. The molecule has 1 N–H and O–H groups in total. The van der Waals surface area contributed by atoms with Gasteiger partial charge in [-0.15, -0.1) is 0 Å². The molecule has 28 heavy (non-hydrogen) atoms. The lowest BCUT2D eigenvalue weighted by Gasteiger charge is -2.14. The fourth-order valence-corrected chi connectivity index (χ4v) is 3.84. The molecule has 0 spiro atoms. The van der Waals surface area contributed by atoms with E-state index in [1.165, 1.54) is 38.9 Å². The predicted molar refractivity (Wildman–Crippen MR) is 104 cm³/mol. The summed E-state index contributed by atoms with van der Waals surface area (Å²) in [7, 11) is -0.919. The van der Waals surface area contributed by atoms with Crippen LogP contribution in [0.5, 0.6) is 23.1 Å². The van der Waals surface area contributed by atoms with E-state index in [2.05, 4.69) is 14.7 Å². The van der Waals surface area contributed by atoms with Crippen LogP contribution in [0.15, 0.2) is 59.9 Å². The number of aryl methyl sites for hydroxylation is 1. The molecule has 0 atom stereocenters. The van der Waals surface area contributed by atoms with Gasteiger partial charge in [0.1, 0.15) is 5.75 Å². The summed E-state index contributed by atoms with van der Waals surface area (Å²) in [6, 6.07) is 9.58. The van der Waals surface area contributed by atoms with Crippen molar-refractivity contribution in [3.63, 3.8) is 0 Å². The summed E-state index contributed by atoms with van der Waals surface area (Å²) in [6.45, 7) is 1.68. The largest absolute Gasteiger partial charge is 0.493 e. The zero-order chi connectivity index (χ0) is 20.1. The lowest BCUT2D eigenvalue weighted by atomic mass is 10.2. The number of hydrogen-bond donors (Lipinski definition) is 1. The Labute approximate surface area is 163 Å². The number of sulfonamides is 1. The highest BCUT2D eigenvalue weighted by molar-refractivity contribution is 7.92. The van der Waals surface area contributed by atoms with Crippen LogP contribution in [0.4, 0.5) is 5.69 Å². The van der Waals surface area contributed by atoms with Gasteiger partial charge in [0, 0.05) is 24.5 Å². The summed E-state index contributed by atoms with van der Waals surface area (Å²) >= 11 is 0. The van der Waals surface area contributed by atoms with Crippen molar-refractivity contribution in [2.75, 3.05) is 18.9 Å². The summed E-state index contributed by atoms with van der Waals surface area (Å²) in [5.41, 5.74) is 0.868. The summed E-state index contributed by atoms with van der Waals surface area (Å²) in [5.74, 6) is 1.51. The number of rotatable bonds is 7. The van der Waals surface area contributed by atoms with E-state index < -0.39 is 10.0 Å². The van der Waals surface area contributed by atoms with Gasteiger partial charge in [0.25, 0.3) is 10.0 Å². The minimum absolute atomic E-state index is 0.0883. The Bertz CT molecular complexity index is 1070. The first-order chi connectivity index (χ1) is 13.4. The molecule has 146 valence electrons. The number of hydrogen-bond acceptors (Lipinski definition) is 7. The zero-order valence-electron chi connectivity index (χ0n) is 15.5. The number of benzene rings is 2. The second-order valence-electron chi connectivity index (χ2n) is 5.75. The third-order valence-corrected chi connectivity index (χ3v) is 5.34. The van der Waals surface area contributed by atoms with Gasteiger partial charge in [0.15, 0.2) is 11.5 Å². The lowest BCUT2D eigenvalue weighted by Crippen LogP contribution is -2.14. The van der Waals surface area contributed by atoms with Gasteiger partial charge < -0.3 is 14.2 Å². The van der Waals surface area contributed by atoms with E-state index in [0.29, 0.717) is 34.4 Å². The summed E-state index contributed by atoms with van der Waals surface area (Å²) in [6.07, 6.45) is 4.49. The second kappa shape index (κ2) is 8.13. The number of aromatic nitrogens is 2. The van der Waals surface area contributed by atoms with Crippen LogP contribution >= 0.6 is 0 Å². The molecule has 9 heteroatoms. The number of methoxy groups -OCH3 is 2. The van der Waals surface area contributed by atoms with E-state index in [1.807, 2.05) is 0 Å². The first-order valence-electron chi connectivity index (χ1n) is 8.22. The van der Waals surface area contributed by atoms with Gasteiger partial charge in [0.2, 0.25) is 5.88 Å². The molecule has 0 radical (unpaired) electrons. The molecule has 8 nitrogen and oxygen atoms in total. The van der Waals surface area contributed by atoms with E-state index in [-0.39, 0.29) is 4.90 Å². The maximum Gasteiger partial charge on any atom is 0.262 e. The molecule has 1 aromatic heterocycles. The maximum atomic E-state index is 12.9. The molecule has 3 rings (SSSR count). The van der Waals surface area contributed by atoms with Gasteiger partial charge >= 0.3 is 0 Å². The Morgan fingerprint density at radius 3 is 2.43 bits per heavy atom. The fraction of sp³-hybridized carbons (Fsp3) is 0.158. The molecule has 1 heterocycles. The van der Waals surface area contributed by atoms with Crippen LogP contribution < -0.4 is 18.9 Å². The first kappa shape index (κ1) is 19.4. The molecule has 0 saturated carbocycles. The van der Waals surface area contributed by atoms with Crippen molar-refractivity contribution in [2.45, 2.75) is 11.8 Å². The molecular formula is C19H19N3O5S.